The number of fused-ring (bicyclic) bond motifs is 1. The molecule has 0 saturated carbocycles. The monoisotopic (exact) mass is 280 g/mol. The molecule has 2 atom stereocenters. The number of hydrogen-bond donors (Lipinski definition) is 1. The van der Waals surface area contributed by atoms with Crippen LogP contribution in [0.1, 0.15) is 34.0 Å². The third kappa shape index (κ3) is 2.42. The summed E-state index contributed by atoms with van der Waals surface area (Å²) >= 11 is 1.65. The van der Waals surface area contributed by atoms with Gasteiger partial charge in [-0.1, -0.05) is 0 Å². The van der Waals surface area contributed by atoms with E-state index < -0.39 is 0 Å². The van der Waals surface area contributed by atoms with Gasteiger partial charge in [0.2, 0.25) is 0 Å². The van der Waals surface area contributed by atoms with Gasteiger partial charge < -0.3 is 15.0 Å². The van der Waals surface area contributed by atoms with Crippen molar-refractivity contribution in [3.8, 4) is 0 Å². The van der Waals surface area contributed by atoms with Crippen LogP contribution in [0, 0.1) is 0 Å². The molecule has 104 valence electrons. The van der Waals surface area contributed by atoms with Gasteiger partial charge in [-0.05, 0) is 25.5 Å². The molecule has 0 radical (unpaired) electrons. The molecule has 1 aromatic rings. The van der Waals surface area contributed by atoms with Crippen LogP contribution in [0.3, 0.4) is 0 Å². The van der Waals surface area contributed by atoms with Crippen LogP contribution in [0.4, 0.5) is 0 Å². The largest absolute Gasteiger partial charge is 0.376 e. The Bertz CT molecular complexity index is 462. The molecule has 2 aliphatic heterocycles. The smallest absolute Gasteiger partial charge is 0.264 e. The van der Waals surface area contributed by atoms with Crippen molar-refractivity contribution in [3.05, 3.63) is 21.4 Å². The summed E-state index contributed by atoms with van der Waals surface area (Å²) in [5, 5.41) is 3.41. The number of piperazine rings is 1. The molecular weight excluding hydrogens is 260 g/mol. The van der Waals surface area contributed by atoms with Crippen LogP contribution in [-0.4, -0.2) is 42.6 Å². The fourth-order valence-electron chi connectivity index (χ4n) is 2.74. The molecule has 1 N–H and O–H groups in total. The van der Waals surface area contributed by atoms with E-state index in [0.29, 0.717) is 12.6 Å². The molecule has 3 rings (SSSR count). The van der Waals surface area contributed by atoms with E-state index in [1.54, 1.807) is 11.3 Å². The molecule has 0 bridgehead atoms. The zero-order valence-corrected chi connectivity index (χ0v) is 12.3. The van der Waals surface area contributed by atoms with Crippen molar-refractivity contribution in [2.75, 3.05) is 19.7 Å². The number of carbonyl (C=O) groups excluding carboxylic acids is 1. The number of amides is 1. The SMILES string of the molecule is CC1NCCN(C(=O)c2cc3c(s2)CCOC3)C1C. The normalized spacial score (nSPS) is 27.2. The van der Waals surface area contributed by atoms with Gasteiger partial charge in [-0.2, -0.15) is 0 Å². The first kappa shape index (κ1) is 13.1. The van der Waals surface area contributed by atoms with Gasteiger partial charge in [0, 0.05) is 36.5 Å². The molecule has 1 aromatic heterocycles. The lowest BCUT2D eigenvalue weighted by Crippen LogP contribution is -2.57. The van der Waals surface area contributed by atoms with Crippen LogP contribution < -0.4 is 5.32 Å². The molecule has 0 aromatic carbocycles. The van der Waals surface area contributed by atoms with E-state index in [0.717, 1.165) is 31.0 Å². The van der Waals surface area contributed by atoms with E-state index in [1.807, 2.05) is 11.0 Å². The van der Waals surface area contributed by atoms with Crippen molar-refractivity contribution in [2.24, 2.45) is 0 Å². The Balaban J connectivity index is 1.81. The quantitative estimate of drug-likeness (QED) is 0.850. The molecule has 4 nitrogen and oxygen atoms in total. The highest BCUT2D eigenvalue weighted by Crippen LogP contribution is 2.28. The van der Waals surface area contributed by atoms with E-state index >= 15 is 0 Å². The predicted molar refractivity (Wildman–Crippen MR) is 75.6 cm³/mol. The first-order valence-corrected chi connectivity index (χ1v) is 7.72. The number of nitrogens with one attached hydrogen (secondary N) is 1. The van der Waals surface area contributed by atoms with E-state index in [2.05, 4.69) is 19.2 Å². The number of carbonyl (C=O) groups is 1. The number of thiophene rings is 1. The summed E-state index contributed by atoms with van der Waals surface area (Å²) in [6.07, 6.45) is 0.945. The number of ether oxygens (including phenoxy) is 1. The Labute approximate surface area is 117 Å². The summed E-state index contributed by atoms with van der Waals surface area (Å²) in [6, 6.07) is 2.63. The molecule has 1 saturated heterocycles. The maximum Gasteiger partial charge on any atom is 0.264 e. The molecule has 2 aliphatic rings. The van der Waals surface area contributed by atoms with E-state index in [-0.39, 0.29) is 11.9 Å². The second-order valence-corrected chi connectivity index (χ2v) is 6.48. The summed E-state index contributed by atoms with van der Waals surface area (Å²) in [5.74, 6) is 0.181. The van der Waals surface area contributed by atoms with Crippen molar-refractivity contribution in [1.29, 1.82) is 0 Å². The first-order chi connectivity index (χ1) is 9.16. The van der Waals surface area contributed by atoms with Crippen LogP contribution in [0.15, 0.2) is 6.07 Å². The standard InChI is InChI=1S/C14H20N2O2S/c1-9-10(2)16(5-4-15-9)14(17)13-7-11-8-18-6-3-12(11)19-13/h7,9-10,15H,3-6,8H2,1-2H3. The van der Waals surface area contributed by atoms with Crippen LogP contribution >= 0.6 is 11.3 Å². The first-order valence-electron chi connectivity index (χ1n) is 6.90. The Morgan fingerprint density at radius 1 is 1.53 bits per heavy atom. The fourth-order valence-corrected chi connectivity index (χ4v) is 3.84. The number of hydrogen-bond acceptors (Lipinski definition) is 4. The summed E-state index contributed by atoms with van der Waals surface area (Å²) < 4.78 is 5.44. The van der Waals surface area contributed by atoms with E-state index in [4.69, 9.17) is 4.74 Å². The van der Waals surface area contributed by atoms with Crippen LogP contribution in [0.5, 0.6) is 0 Å². The average Bonchev–Trinajstić information content (AvgIpc) is 2.85. The maximum absolute atomic E-state index is 12.6. The molecule has 0 aliphatic carbocycles. The topological polar surface area (TPSA) is 41.6 Å². The van der Waals surface area contributed by atoms with Gasteiger partial charge in [0.25, 0.3) is 5.91 Å². The van der Waals surface area contributed by atoms with Crippen molar-refractivity contribution >= 4 is 17.2 Å². The summed E-state index contributed by atoms with van der Waals surface area (Å²) in [6.45, 7) is 7.37. The molecular formula is C14H20N2O2S. The Morgan fingerprint density at radius 2 is 2.37 bits per heavy atom. The van der Waals surface area contributed by atoms with Gasteiger partial charge >= 0.3 is 0 Å². The van der Waals surface area contributed by atoms with Gasteiger partial charge in [-0.25, -0.2) is 0 Å². The molecule has 1 amide bonds. The molecule has 0 spiro atoms. The molecule has 19 heavy (non-hydrogen) atoms. The minimum absolute atomic E-state index is 0.181. The van der Waals surface area contributed by atoms with Gasteiger partial charge in [0.1, 0.15) is 0 Å². The van der Waals surface area contributed by atoms with Gasteiger partial charge in [0.15, 0.2) is 0 Å². The molecule has 3 heterocycles. The predicted octanol–water partition coefficient (Wildman–Crippen LogP) is 1.64. The minimum atomic E-state index is 0.181. The maximum atomic E-state index is 12.6. The Kier molecular flexibility index (Phi) is 3.60. The lowest BCUT2D eigenvalue weighted by atomic mass is 10.1. The van der Waals surface area contributed by atoms with Gasteiger partial charge in [-0.3, -0.25) is 4.79 Å². The third-order valence-electron chi connectivity index (χ3n) is 4.13. The van der Waals surface area contributed by atoms with Crippen LogP contribution in [-0.2, 0) is 17.8 Å². The van der Waals surface area contributed by atoms with Crippen LogP contribution in [0.2, 0.25) is 0 Å². The Hall–Kier alpha value is -0.910. The Morgan fingerprint density at radius 3 is 3.16 bits per heavy atom. The van der Waals surface area contributed by atoms with Crippen molar-refractivity contribution in [3.63, 3.8) is 0 Å². The summed E-state index contributed by atoms with van der Waals surface area (Å²) in [5.41, 5.74) is 1.20. The molecule has 5 heteroatoms. The van der Waals surface area contributed by atoms with Crippen molar-refractivity contribution in [1.82, 2.24) is 10.2 Å². The highest BCUT2D eigenvalue weighted by atomic mass is 32.1. The number of nitrogens with zero attached hydrogens (tertiary/aromatic N) is 1. The highest BCUT2D eigenvalue weighted by molar-refractivity contribution is 7.14. The van der Waals surface area contributed by atoms with Crippen molar-refractivity contribution in [2.45, 2.75) is 39.0 Å². The van der Waals surface area contributed by atoms with Gasteiger partial charge in [-0.15, -0.1) is 11.3 Å². The lowest BCUT2D eigenvalue weighted by Gasteiger charge is -2.38. The fraction of sp³-hybridized carbons (Fsp3) is 0.643. The average molecular weight is 280 g/mol. The highest BCUT2D eigenvalue weighted by Gasteiger charge is 2.30. The molecule has 2 unspecified atom stereocenters. The van der Waals surface area contributed by atoms with Gasteiger partial charge in [0.05, 0.1) is 18.1 Å². The van der Waals surface area contributed by atoms with E-state index in [1.165, 1.54) is 10.4 Å². The van der Waals surface area contributed by atoms with Crippen LogP contribution in [0.25, 0.3) is 0 Å². The summed E-state index contributed by atoms with van der Waals surface area (Å²) in [7, 11) is 0. The van der Waals surface area contributed by atoms with Crippen molar-refractivity contribution < 1.29 is 9.53 Å². The minimum Gasteiger partial charge on any atom is -0.376 e. The second-order valence-electron chi connectivity index (χ2n) is 5.34. The van der Waals surface area contributed by atoms with E-state index in [9.17, 15) is 4.79 Å². The lowest BCUT2D eigenvalue weighted by molar-refractivity contribution is 0.0607. The second kappa shape index (κ2) is 5.23. The molecule has 1 fully saturated rings. The third-order valence-corrected chi connectivity index (χ3v) is 5.36. The zero-order chi connectivity index (χ0) is 13.4. The number of rotatable bonds is 1. The summed E-state index contributed by atoms with van der Waals surface area (Å²) in [4.78, 5) is 16.8. The zero-order valence-electron chi connectivity index (χ0n) is 11.4.